The number of hydrogen-bond donors (Lipinski definition) is 0. The van der Waals surface area contributed by atoms with Gasteiger partial charge in [-0.1, -0.05) is 44.2 Å². The van der Waals surface area contributed by atoms with Crippen molar-refractivity contribution in [3.63, 3.8) is 0 Å². The third-order valence-corrected chi connectivity index (χ3v) is 5.39. The van der Waals surface area contributed by atoms with Crippen molar-refractivity contribution in [2.45, 2.75) is 52.6 Å². The number of nitrogens with zero attached hydrogens (tertiary/aromatic N) is 2. The number of furan rings is 1. The van der Waals surface area contributed by atoms with Crippen molar-refractivity contribution in [3.05, 3.63) is 59.0 Å². The second-order valence-electron chi connectivity index (χ2n) is 7.35. The van der Waals surface area contributed by atoms with Gasteiger partial charge >= 0.3 is 6.09 Å². The summed E-state index contributed by atoms with van der Waals surface area (Å²) in [5.41, 5.74) is 2.56. The number of hydrogen-bond acceptors (Lipinski definition) is 4. The van der Waals surface area contributed by atoms with E-state index in [0.29, 0.717) is 19.7 Å². The predicted octanol–water partition coefficient (Wildman–Crippen LogP) is 4.64. The van der Waals surface area contributed by atoms with Gasteiger partial charge in [0.1, 0.15) is 11.5 Å². The highest BCUT2D eigenvalue weighted by atomic mass is 16.6. The summed E-state index contributed by atoms with van der Waals surface area (Å²) < 4.78 is 11.5. The zero-order chi connectivity index (χ0) is 19.8. The molecule has 0 atom stereocenters. The smallest absolute Gasteiger partial charge is 0.410 e. The standard InChI is InChI=1S/C23H32N2O3/c1-3-24(4-2)17-21-16-20-13-14-25(18-22(20)28-21)23(26)27-15-9-8-12-19-10-6-5-7-11-19/h5-7,10-11,16H,3-4,8-9,12-15,17-18H2,1-2H3. The Morgan fingerprint density at radius 1 is 1.18 bits per heavy atom. The van der Waals surface area contributed by atoms with Gasteiger partial charge in [0, 0.05) is 6.54 Å². The molecule has 1 amide bonds. The van der Waals surface area contributed by atoms with Crippen molar-refractivity contribution in [3.8, 4) is 0 Å². The van der Waals surface area contributed by atoms with Crippen LogP contribution in [0, 0.1) is 0 Å². The van der Waals surface area contributed by atoms with Crippen LogP contribution in [0.3, 0.4) is 0 Å². The topological polar surface area (TPSA) is 45.9 Å². The van der Waals surface area contributed by atoms with Crippen LogP contribution >= 0.6 is 0 Å². The molecule has 0 radical (unpaired) electrons. The van der Waals surface area contributed by atoms with Crippen molar-refractivity contribution in [2.75, 3.05) is 26.2 Å². The molecule has 0 saturated heterocycles. The molecule has 0 fully saturated rings. The lowest BCUT2D eigenvalue weighted by atomic mass is 10.1. The molecular weight excluding hydrogens is 352 g/mol. The average Bonchev–Trinajstić information content (AvgIpc) is 3.14. The van der Waals surface area contributed by atoms with E-state index in [1.807, 2.05) is 6.07 Å². The Morgan fingerprint density at radius 2 is 1.96 bits per heavy atom. The molecule has 1 aromatic heterocycles. The maximum atomic E-state index is 12.4. The fraction of sp³-hybridized carbons (Fsp3) is 0.522. The molecule has 5 heteroatoms. The van der Waals surface area contributed by atoms with Crippen LogP contribution in [0.25, 0.3) is 0 Å². The second-order valence-corrected chi connectivity index (χ2v) is 7.35. The van der Waals surface area contributed by atoms with Crippen LogP contribution < -0.4 is 0 Å². The molecule has 1 aliphatic rings. The Kier molecular flexibility index (Phi) is 7.54. The third kappa shape index (κ3) is 5.61. The van der Waals surface area contributed by atoms with Gasteiger partial charge in [-0.25, -0.2) is 4.79 Å². The minimum absolute atomic E-state index is 0.230. The Balaban J connectivity index is 1.40. The Hall–Kier alpha value is -2.27. The van der Waals surface area contributed by atoms with Gasteiger partial charge in [0.05, 0.1) is 19.7 Å². The molecule has 152 valence electrons. The van der Waals surface area contributed by atoms with Gasteiger partial charge in [0.15, 0.2) is 0 Å². The van der Waals surface area contributed by atoms with Gasteiger partial charge < -0.3 is 14.1 Å². The lowest BCUT2D eigenvalue weighted by Crippen LogP contribution is -2.36. The third-order valence-electron chi connectivity index (χ3n) is 5.39. The summed E-state index contributed by atoms with van der Waals surface area (Å²) in [6.07, 6.45) is 3.53. The van der Waals surface area contributed by atoms with Crippen LogP contribution in [0.5, 0.6) is 0 Å². The first-order valence-corrected chi connectivity index (χ1v) is 10.5. The number of carbonyl (C=O) groups excluding carboxylic acids is 1. The normalized spacial score (nSPS) is 13.6. The molecule has 2 aromatic rings. The van der Waals surface area contributed by atoms with Crippen LogP contribution in [0.15, 0.2) is 40.8 Å². The van der Waals surface area contributed by atoms with Crippen molar-refractivity contribution >= 4 is 6.09 Å². The van der Waals surface area contributed by atoms with Crippen LogP contribution in [-0.4, -0.2) is 42.1 Å². The number of rotatable bonds is 9. The monoisotopic (exact) mass is 384 g/mol. The van der Waals surface area contributed by atoms with E-state index < -0.39 is 0 Å². The molecule has 0 N–H and O–H groups in total. The van der Waals surface area contributed by atoms with Gasteiger partial charge in [-0.15, -0.1) is 0 Å². The van der Waals surface area contributed by atoms with E-state index in [4.69, 9.17) is 9.15 Å². The fourth-order valence-electron chi connectivity index (χ4n) is 3.61. The minimum Gasteiger partial charge on any atom is -0.463 e. The zero-order valence-corrected chi connectivity index (χ0v) is 17.2. The molecular formula is C23H32N2O3. The summed E-state index contributed by atoms with van der Waals surface area (Å²) in [4.78, 5) is 16.5. The van der Waals surface area contributed by atoms with E-state index in [2.05, 4.69) is 49.1 Å². The van der Waals surface area contributed by atoms with Crippen molar-refractivity contribution in [1.29, 1.82) is 0 Å². The maximum Gasteiger partial charge on any atom is 0.410 e. The minimum atomic E-state index is -0.230. The summed E-state index contributed by atoms with van der Waals surface area (Å²) in [6, 6.07) is 12.6. The van der Waals surface area contributed by atoms with Crippen LogP contribution in [-0.2, 0) is 30.7 Å². The summed E-state index contributed by atoms with van der Waals surface area (Å²) >= 11 is 0. The number of unbranched alkanes of at least 4 members (excludes halogenated alkanes) is 1. The highest BCUT2D eigenvalue weighted by Gasteiger charge is 2.25. The molecule has 2 heterocycles. The molecule has 3 rings (SSSR count). The highest BCUT2D eigenvalue weighted by molar-refractivity contribution is 5.68. The first kappa shape index (κ1) is 20.5. The lowest BCUT2D eigenvalue weighted by Gasteiger charge is -2.25. The molecule has 1 aliphatic heterocycles. The van der Waals surface area contributed by atoms with Crippen LogP contribution in [0.1, 0.15) is 49.3 Å². The number of benzene rings is 1. The Bertz CT molecular complexity index is 738. The molecule has 0 aliphatic carbocycles. The Labute approximate surface area is 168 Å². The summed E-state index contributed by atoms with van der Waals surface area (Å²) in [6.45, 7) is 8.83. The molecule has 1 aromatic carbocycles. The first-order valence-electron chi connectivity index (χ1n) is 10.5. The molecule has 0 spiro atoms. The van der Waals surface area contributed by atoms with Crippen molar-refractivity contribution in [1.82, 2.24) is 9.80 Å². The van der Waals surface area contributed by atoms with E-state index in [1.165, 1.54) is 11.1 Å². The van der Waals surface area contributed by atoms with Gasteiger partial charge in [-0.2, -0.15) is 0 Å². The van der Waals surface area contributed by atoms with E-state index >= 15 is 0 Å². The van der Waals surface area contributed by atoms with Crippen molar-refractivity contribution in [2.24, 2.45) is 0 Å². The maximum absolute atomic E-state index is 12.4. The molecule has 0 saturated carbocycles. The number of carbonyl (C=O) groups is 1. The predicted molar refractivity (Wildman–Crippen MR) is 110 cm³/mol. The summed E-state index contributed by atoms with van der Waals surface area (Å²) in [5.74, 6) is 1.90. The van der Waals surface area contributed by atoms with E-state index in [9.17, 15) is 4.79 Å². The van der Waals surface area contributed by atoms with Crippen LogP contribution in [0.4, 0.5) is 4.79 Å². The highest BCUT2D eigenvalue weighted by Crippen LogP contribution is 2.24. The molecule has 0 bridgehead atoms. The second kappa shape index (κ2) is 10.3. The first-order chi connectivity index (χ1) is 13.7. The molecule has 0 unspecified atom stereocenters. The fourth-order valence-corrected chi connectivity index (χ4v) is 3.61. The van der Waals surface area contributed by atoms with Gasteiger partial charge in [-0.05, 0) is 56.0 Å². The zero-order valence-electron chi connectivity index (χ0n) is 17.2. The van der Waals surface area contributed by atoms with E-state index in [0.717, 1.165) is 56.8 Å². The van der Waals surface area contributed by atoms with Gasteiger partial charge in [0.2, 0.25) is 0 Å². The quantitative estimate of drug-likeness (QED) is 0.591. The number of fused-ring (bicyclic) bond motifs is 1. The molecule has 28 heavy (non-hydrogen) atoms. The van der Waals surface area contributed by atoms with Crippen molar-refractivity contribution < 1.29 is 13.9 Å². The average molecular weight is 385 g/mol. The lowest BCUT2D eigenvalue weighted by molar-refractivity contribution is 0.0927. The van der Waals surface area contributed by atoms with Gasteiger partial charge in [0.25, 0.3) is 0 Å². The van der Waals surface area contributed by atoms with Crippen LogP contribution in [0.2, 0.25) is 0 Å². The number of aryl methyl sites for hydroxylation is 1. The summed E-state index contributed by atoms with van der Waals surface area (Å²) in [7, 11) is 0. The van der Waals surface area contributed by atoms with E-state index in [1.54, 1.807) is 4.90 Å². The molecule has 5 nitrogen and oxygen atoms in total. The Morgan fingerprint density at radius 3 is 2.71 bits per heavy atom. The largest absolute Gasteiger partial charge is 0.463 e. The SMILES string of the molecule is CCN(CC)Cc1cc2c(o1)CN(C(=O)OCCCCc1ccccc1)CC2. The van der Waals surface area contributed by atoms with Gasteiger partial charge in [-0.3, -0.25) is 4.90 Å². The number of amides is 1. The number of ether oxygens (including phenoxy) is 1. The van der Waals surface area contributed by atoms with E-state index in [-0.39, 0.29) is 6.09 Å². The summed E-state index contributed by atoms with van der Waals surface area (Å²) in [5, 5.41) is 0.